The van der Waals surface area contributed by atoms with E-state index in [1.165, 1.54) is 44.9 Å². The lowest BCUT2D eigenvalue weighted by Gasteiger charge is -2.56. The van der Waals surface area contributed by atoms with Crippen LogP contribution in [-0.4, -0.2) is 35.8 Å². The Morgan fingerprint density at radius 2 is 1.50 bits per heavy atom. The molecule has 6 fully saturated rings. The van der Waals surface area contributed by atoms with E-state index in [-0.39, 0.29) is 17.4 Å². The van der Waals surface area contributed by atoms with Crippen LogP contribution in [0.3, 0.4) is 0 Å². The molecule has 1 aliphatic heterocycles. The highest BCUT2D eigenvalue weighted by Gasteiger charge is 2.56. The van der Waals surface area contributed by atoms with Gasteiger partial charge < -0.3 is 10.2 Å². The Bertz CT molecular complexity index is 545. The summed E-state index contributed by atoms with van der Waals surface area (Å²) in [6.07, 6.45) is 14.3. The van der Waals surface area contributed by atoms with Crippen LogP contribution in [-0.2, 0) is 9.59 Å². The lowest BCUT2D eigenvalue weighted by atomic mass is 9.49. The number of nitrogens with one attached hydrogen (secondary N) is 1. The molecule has 144 valence electrons. The number of amides is 2. The predicted octanol–water partition coefficient (Wildman–Crippen LogP) is 3.50. The highest BCUT2D eigenvalue weighted by molar-refractivity contribution is 5.91. The topological polar surface area (TPSA) is 49.4 Å². The van der Waals surface area contributed by atoms with E-state index in [4.69, 9.17) is 0 Å². The lowest BCUT2D eigenvalue weighted by Crippen LogP contribution is -2.57. The first-order valence-electron chi connectivity index (χ1n) is 11.2. The molecule has 4 heteroatoms. The molecule has 1 N–H and O–H groups in total. The van der Waals surface area contributed by atoms with Gasteiger partial charge in [0, 0.05) is 13.1 Å². The summed E-state index contributed by atoms with van der Waals surface area (Å²) in [5, 5.41) is 3.19. The first-order valence-corrected chi connectivity index (χ1v) is 11.2. The van der Waals surface area contributed by atoms with Crippen molar-refractivity contribution in [3.05, 3.63) is 0 Å². The normalized spacial score (nSPS) is 41.8. The first kappa shape index (κ1) is 17.1. The van der Waals surface area contributed by atoms with Crippen LogP contribution in [0.2, 0.25) is 0 Å². The molecule has 5 saturated carbocycles. The number of carbonyl (C=O) groups excluding carboxylic acids is 2. The van der Waals surface area contributed by atoms with Crippen LogP contribution >= 0.6 is 0 Å². The minimum absolute atomic E-state index is 0.108. The SMILES string of the molecule is O=C(NCC1CCCC1)C1CCCN1C(=O)C12CC3CC(CC(C3)C1)C2. The Morgan fingerprint density at radius 3 is 2.12 bits per heavy atom. The van der Waals surface area contributed by atoms with Gasteiger partial charge in [0.15, 0.2) is 0 Å². The van der Waals surface area contributed by atoms with Gasteiger partial charge in [0.1, 0.15) is 6.04 Å². The Labute approximate surface area is 157 Å². The number of rotatable bonds is 4. The van der Waals surface area contributed by atoms with Crippen LogP contribution in [0.15, 0.2) is 0 Å². The first-order chi connectivity index (χ1) is 12.6. The number of hydrogen-bond acceptors (Lipinski definition) is 2. The molecule has 5 aliphatic carbocycles. The summed E-state index contributed by atoms with van der Waals surface area (Å²) in [6.45, 7) is 1.61. The van der Waals surface area contributed by atoms with Crippen molar-refractivity contribution in [2.75, 3.05) is 13.1 Å². The van der Waals surface area contributed by atoms with Gasteiger partial charge in [-0.25, -0.2) is 0 Å². The molecule has 1 atom stereocenters. The average molecular weight is 359 g/mol. The second kappa shape index (κ2) is 6.53. The van der Waals surface area contributed by atoms with E-state index < -0.39 is 0 Å². The maximum Gasteiger partial charge on any atom is 0.242 e. The van der Waals surface area contributed by atoms with Crippen molar-refractivity contribution in [3.63, 3.8) is 0 Å². The minimum Gasteiger partial charge on any atom is -0.354 e. The smallest absolute Gasteiger partial charge is 0.242 e. The van der Waals surface area contributed by atoms with E-state index in [0.29, 0.717) is 11.8 Å². The van der Waals surface area contributed by atoms with Gasteiger partial charge in [-0.05, 0) is 87.9 Å². The zero-order chi connectivity index (χ0) is 17.7. The third-order valence-corrected chi connectivity index (χ3v) is 8.35. The molecule has 1 heterocycles. The minimum atomic E-state index is -0.197. The number of hydrogen-bond donors (Lipinski definition) is 1. The van der Waals surface area contributed by atoms with E-state index >= 15 is 0 Å². The van der Waals surface area contributed by atoms with Gasteiger partial charge in [-0.2, -0.15) is 0 Å². The molecular weight excluding hydrogens is 324 g/mol. The number of likely N-dealkylation sites (tertiary alicyclic amines) is 1. The highest BCUT2D eigenvalue weighted by Crippen LogP contribution is 2.60. The summed E-state index contributed by atoms with van der Waals surface area (Å²) < 4.78 is 0. The molecule has 1 unspecified atom stereocenters. The molecule has 0 spiro atoms. The van der Waals surface area contributed by atoms with Crippen molar-refractivity contribution in [2.24, 2.45) is 29.1 Å². The third kappa shape index (κ3) is 2.88. The molecular formula is C22H34N2O2. The zero-order valence-electron chi connectivity index (χ0n) is 16.0. The van der Waals surface area contributed by atoms with Crippen LogP contribution in [0.1, 0.15) is 77.0 Å². The van der Waals surface area contributed by atoms with E-state index in [0.717, 1.165) is 62.9 Å². The van der Waals surface area contributed by atoms with E-state index in [9.17, 15) is 9.59 Å². The quantitative estimate of drug-likeness (QED) is 0.836. The highest BCUT2D eigenvalue weighted by atomic mass is 16.2. The fourth-order valence-electron chi connectivity index (χ4n) is 7.54. The van der Waals surface area contributed by atoms with Crippen LogP contribution in [0.5, 0.6) is 0 Å². The average Bonchev–Trinajstić information content (AvgIpc) is 3.29. The van der Waals surface area contributed by atoms with Crippen LogP contribution in [0.25, 0.3) is 0 Å². The molecule has 2 amide bonds. The van der Waals surface area contributed by atoms with Crippen LogP contribution in [0.4, 0.5) is 0 Å². The molecule has 0 aromatic rings. The van der Waals surface area contributed by atoms with Crippen molar-refractivity contribution < 1.29 is 9.59 Å². The molecule has 4 nitrogen and oxygen atoms in total. The Kier molecular flexibility index (Phi) is 4.28. The molecule has 0 aromatic carbocycles. The van der Waals surface area contributed by atoms with Gasteiger partial charge >= 0.3 is 0 Å². The summed E-state index contributed by atoms with van der Waals surface area (Å²) in [7, 11) is 0. The van der Waals surface area contributed by atoms with Crippen molar-refractivity contribution in [2.45, 2.75) is 83.1 Å². The van der Waals surface area contributed by atoms with Gasteiger partial charge in [0.05, 0.1) is 5.41 Å². The standard InChI is InChI=1S/C22H34N2O2/c25-20(23-14-15-4-1-2-5-15)19-6-3-7-24(19)21(26)22-11-16-8-17(12-22)10-18(9-16)13-22/h15-19H,1-14H2,(H,23,25). The Balaban J connectivity index is 1.26. The monoisotopic (exact) mass is 358 g/mol. The molecule has 6 rings (SSSR count). The maximum atomic E-state index is 13.6. The van der Waals surface area contributed by atoms with Gasteiger partial charge in [-0.1, -0.05) is 12.8 Å². The summed E-state index contributed by atoms with van der Waals surface area (Å²) in [4.78, 5) is 28.5. The molecule has 1 saturated heterocycles. The predicted molar refractivity (Wildman–Crippen MR) is 100 cm³/mol. The maximum absolute atomic E-state index is 13.6. The van der Waals surface area contributed by atoms with Gasteiger partial charge in [-0.15, -0.1) is 0 Å². The van der Waals surface area contributed by atoms with Gasteiger partial charge in [-0.3, -0.25) is 9.59 Å². The third-order valence-electron chi connectivity index (χ3n) is 8.35. The zero-order valence-corrected chi connectivity index (χ0v) is 16.0. The second-order valence-corrected chi connectivity index (χ2v) is 10.3. The van der Waals surface area contributed by atoms with Crippen molar-refractivity contribution in [1.82, 2.24) is 10.2 Å². The second-order valence-electron chi connectivity index (χ2n) is 10.3. The van der Waals surface area contributed by atoms with Crippen molar-refractivity contribution >= 4 is 11.8 Å². The fourth-order valence-corrected chi connectivity index (χ4v) is 7.54. The van der Waals surface area contributed by atoms with E-state index in [2.05, 4.69) is 5.32 Å². The van der Waals surface area contributed by atoms with Crippen LogP contribution in [0, 0.1) is 29.1 Å². The molecule has 26 heavy (non-hydrogen) atoms. The van der Waals surface area contributed by atoms with Crippen molar-refractivity contribution in [3.8, 4) is 0 Å². The van der Waals surface area contributed by atoms with E-state index in [1.807, 2.05) is 4.90 Å². The number of nitrogens with zero attached hydrogens (tertiary/aromatic N) is 1. The van der Waals surface area contributed by atoms with E-state index in [1.54, 1.807) is 0 Å². The molecule has 0 radical (unpaired) electrons. The fraction of sp³-hybridized carbons (Fsp3) is 0.909. The van der Waals surface area contributed by atoms with Gasteiger partial charge in [0.25, 0.3) is 0 Å². The van der Waals surface area contributed by atoms with Crippen LogP contribution < -0.4 is 5.32 Å². The Hall–Kier alpha value is -1.06. The number of carbonyl (C=O) groups is 2. The summed E-state index contributed by atoms with van der Waals surface area (Å²) in [6, 6.07) is -0.197. The van der Waals surface area contributed by atoms with Gasteiger partial charge in [0.2, 0.25) is 11.8 Å². The summed E-state index contributed by atoms with van der Waals surface area (Å²) >= 11 is 0. The molecule has 6 aliphatic rings. The lowest BCUT2D eigenvalue weighted by molar-refractivity contribution is -0.160. The van der Waals surface area contributed by atoms with Crippen molar-refractivity contribution in [1.29, 1.82) is 0 Å². The largest absolute Gasteiger partial charge is 0.354 e. The molecule has 0 aromatic heterocycles. The summed E-state index contributed by atoms with van der Waals surface area (Å²) in [5.74, 6) is 3.46. The Morgan fingerprint density at radius 1 is 0.885 bits per heavy atom. The summed E-state index contributed by atoms with van der Waals surface area (Å²) in [5.41, 5.74) is -0.108. The molecule has 4 bridgehead atoms.